The summed E-state index contributed by atoms with van der Waals surface area (Å²) in [6.07, 6.45) is 0.642. The minimum atomic E-state index is -0.576. The Kier molecular flexibility index (Phi) is 2.87. The van der Waals surface area contributed by atoms with Crippen LogP contribution < -0.4 is 5.32 Å². The Balaban J connectivity index is 1.71. The van der Waals surface area contributed by atoms with Crippen molar-refractivity contribution >= 4 is 44.6 Å². The van der Waals surface area contributed by atoms with E-state index in [1.54, 1.807) is 4.90 Å². The van der Waals surface area contributed by atoms with E-state index in [9.17, 15) is 14.4 Å². The lowest BCUT2D eigenvalue weighted by molar-refractivity contribution is -0.136. The van der Waals surface area contributed by atoms with E-state index in [0.29, 0.717) is 18.7 Å². The van der Waals surface area contributed by atoms with Crippen molar-refractivity contribution in [1.29, 1.82) is 0 Å². The minimum Gasteiger partial charge on any atom is -0.350 e. The molecule has 0 bridgehead atoms. The van der Waals surface area contributed by atoms with Crippen LogP contribution >= 0.6 is 15.9 Å². The highest BCUT2D eigenvalue weighted by Gasteiger charge is 2.40. The maximum Gasteiger partial charge on any atom is 0.271 e. The molecule has 22 heavy (non-hydrogen) atoms. The lowest BCUT2D eigenvalue weighted by Gasteiger charge is -2.29. The molecule has 3 heterocycles. The zero-order valence-electron chi connectivity index (χ0n) is 11.5. The molecule has 0 saturated carbocycles. The molecular weight excluding hydrogens is 350 g/mol. The third-order valence-electron chi connectivity index (χ3n) is 4.26. The summed E-state index contributed by atoms with van der Waals surface area (Å²) in [5.74, 6) is -0.849. The first-order valence-electron chi connectivity index (χ1n) is 6.99. The van der Waals surface area contributed by atoms with Gasteiger partial charge in [-0.3, -0.25) is 19.7 Å². The maximum atomic E-state index is 12.6. The number of piperidine rings is 1. The van der Waals surface area contributed by atoms with Gasteiger partial charge in [0.25, 0.3) is 5.91 Å². The van der Waals surface area contributed by atoms with Crippen LogP contribution in [0.15, 0.2) is 22.7 Å². The van der Waals surface area contributed by atoms with E-state index < -0.39 is 6.04 Å². The van der Waals surface area contributed by atoms with Crippen LogP contribution in [0, 0.1) is 0 Å². The average molecular weight is 362 g/mol. The highest BCUT2D eigenvalue weighted by Crippen LogP contribution is 2.34. The van der Waals surface area contributed by atoms with Crippen molar-refractivity contribution in [2.75, 3.05) is 0 Å². The number of nitrogens with one attached hydrogen (secondary N) is 2. The van der Waals surface area contributed by atoms with E-state index in [2.05, 4.69) is 26.2 Å². The summed E-state index contributed by atoms with van der Waals surface area (Å²) in [6.45, 7) is 0.386. The number of nitrogens with zero attached hydrogens (tertiary/aromatic N) is 1. The zero-order chi connectivity index (χ0) is 15.4. The number of hydrogen-bond acceptors (Lipinski definition) is 3. The standard InChI is InChI=1S/C15H12BrN3O3/c16-7-1-2-10-8(5-7)9-6-19(15(22)13(9)17-10)11-3-4-12(20)18-14(11)21/h1-2,5,11,17H,3-4,6H2,(H,18,20,21). The predicted molar refractivity (Wildman–Crippen MR) is 82.0 cm³/mol. The van der Waals surface area contributed by atoms with Crippen LogP contribution in [0.1, 0.15) is 28.9 Å². The molecule has 0 aliphatic carbocycles. The van der Waals surface area contributed by atoms with E-state index in [-0.39, 0.29) is 24.1 Å². The fourth-order valence-electron chi connectivity index (χ4n) is 3.18. The third kappa shape index (κ3) is 1.89. The number of halogens is 1. The van der Waals surface area contributed by atoms with Crippen LogP contribution in [0.4, 0.5) is 0 Å². The molecule has 4 rings (SSSR count). The van der Waals surface area contributed by atoms with Gasteiger partial charge in [0.05, 0.1) is 0 Å². The zero-order valence-corrected chi connectivity index (χ0v) is 13.1. The van der Waals surface area contributed by atoms with Crippen molar-refractivity contribution in [2.45, 2.75) is 25.4 Å². The van der Waals surface area contributed by atoms with Crippen LogP contribution in [-0.4, -0.2) is 33.6 Å². The molecule has 0 spiro atoms. The molecule has 0 radical (unpaired) electrons. The molecule has 1 atom stereocenters. The third-order valence-corrected chi connectivity index (χ3v) is 4.75. The molecule has 1 unspecified atom stereocenters. The minimum absolute atomic E-state index is 0.183. The Morgan fingerprint density at radius 2 is 2.05 bits per heavy atom. The van der Waals surface area contributed by atoms with Crippen LogP contribution in [0.5, 0.6) is 0 Å². The maximum absolute atomic E-state index is 12.6. The van der Waals surface area contributed by atoms with Gasteiger partial charge < -0.3 is 9.88 Å². The van der Waals surface area contributed by atoms with E-state index in [4.69, 9.17) is 0 Å². The quantitative estimate of drug-likeness (QED) is 0.758. The number of aromatic nitrogens is 1. The van der Waals surface area contributed by atoms with Crippen LogP contribution in [-0.2, 0) is 16.1 Å². The number of rotatable bonds is 1. The van der Waals surface area contributed by atoms with Gasteiger partial charge in [-0.05, 0) is 24.6 Å². The van der Waals surface area contributed by atoms with Gasteiger partial charge in [-0.1, -0.05) is 15.9 Å². The van der Waals surface area contributed by atoms with Crippen LogP contribution in [0.2, 0.25) is 0 Å². The normalized spacial score (nSPS) is 21.4. The molecule has 2 N–H and O–H groups in total. The summed E-state index contributed by atoms with van der Waals surface area (Å²) in [4.78, 5) is 40.5. The molecule has 2 aromatic rings. The highest BCUT2D eigenvalue weighted by molar-refractivity contribution is 9.10. The molecule has 2 aliphatic rings. The molecule has 7 heteroatoms. The first kappa shape index (κ1) is 13.5. The van der Waals surface area contributed by atoms with E-state index in [1.165, 1.54) is 0 Å². The summed E-state index contributed by atoms with van der Waals surface area (Å²) in [5.41, 5.74) is 2.35. The number of carbonyl (C=O) groups excluding carboxylic acids is 3. The smallest absolute Gasteiger partial charge is 0.271 e. The molecule has 1 aromatic carbocycles. The number of H-pyrrole nitrogens is 1. The van der Waals surface area contributed by atoms with Gasteiger partial charge in [0, 0.05) is 33.9 Å². The van der Waals surface area contributed by atoms with Crippen molar-refractivity contribution in [3.05, 3.63) is 33.9 Å². The second-order valence-electron chi connectivity index (χ2n) is 5.57. The lowest BCUT2D eigenvalue weighted by Crippen LogP contribution is -2.52. The Bertz CT molecular complexity index is 842. The molecular formula is C15H12BrN3O3. The molecule has 112 valence electrons. The summed E-state index contributed by atoms with van der Waals surface area (Å²) >= 11 is 3.43. The number of amides is 3. The average Bonchev–Trinajstić information content (AvgIpc) is 2.97. The molecule has 3 amide bonds. The lowest BCUT2D eigenvalue weighted by atomic mass is 10.0. The molecule has 6 nitrogen and oxygen atoms in total. The van der Waals surface area contributed by atoms with Gasteiger partial charge in [-0.2, -0.15) is 0 Å². The first-order chi connectivity index (χ1) is 10.5. The van der Waals surface area contributed by atoms with Gasteiger partial charge in [-0.25, -0.2) is 0 Å². The van der Waals surface area contributed by atoms with Gasteiger partial charge in [0.2, 0.25) is 11.8 Å². The number of fused-ring (bicyclic) bond motifs is 3. The Morgan fingerprint density at radius 1 is 1.23 bits per heavy atom. The topological polar surface area (TPSA) is 82.3 Å². The van der Waals surface area contributed by atoms with E-state index in [1.807, 2.05) is 18.2 Å². The monoisotopic (exact) mass is 361 g/mol. The largest absolute Gasteiger partial charge is 0.350 e. The van der Waals surface area contributed by atoms with E-state index in [0.717, 1.165) is 20.9 Å². The fraction of sp³-hybridized carbons (Fsp3) is 0.267. The fourth-order valence-corrected chi connectivity index (χ4v) is 3.54. The number of hydrogen-bond donors (Lipinski definition) is 2. The molecule has 2 aliphatic heterocycles. The van der Waals surface area contributed by atoms with Gasteiger partial charge in [-0.15, -0.1) is 0 Å². The molecule has 1 aromatic heterocycles. The summed E-state index contributed by atoms with van der Waals surface area (Å²) in [7, 11) is 0. The molecule has 1 fully saturated rings. The van der Waals surface area contributed by atoms with Gasteiger partial charge >= 0.3 is 0 Å². The van der Waals surface area contributed by atoms with E-state index >= 15 is 0 Å². The first-order valence-corrected chi connectivity index (χ1v) is 7.78. The van der Waals surface area contributed by atoms with Crippen LogP contribution in [0.25, 0.3) is 10.9 Å². The number of carbonyl (C=O) groups is 3. The second-order valence-corrected chi connectivity index (χ2v) is 6.48. The Labute approximate surface area is 134 Å². The summed E-state index contributed by atoms with van der Waals surface area (Å²) in [6, 6.07) is 5.22. The van der Waals surface area contributed by atoms with Gasteiger partial charge in [0.1, 0.15) is 11.7 Å². The van der Waals surface area contributed by atoms with Gasteiger partial charge in [0.15, 0.2) is 0 Å². The molecule has 1 saturated heterocycles. The second kappa shape index (κ2) is 4.67. The van der Waals surface area contributed by atoms with Crippen molar-refractivity contribution in [2.24, 2.45) is 0 Å². The number of aromatic amines is 1. The number of imide groups is 1. The SMILES string of the molecule is O=C1CCC(N2Cc3c([nH]c4ccc(Br)cc34)C2=O)C(=O)N1. The Morgan fingerprint density at radius 3 is 2.82 bits per heavy atom. The van der Waals surface area contributed by atoms with Crippen molar-refractivity contribution in [1.82, 2.24) is 15.2 Å². The van der Waals surface area contributed by atoms with Crippen molar-refractivity contribution in [3.8, 4) is 0 Å². The number of benzene rings is 1. The summed E-state index contributed by atoms with van der Waals surface area (Å²) in [5, 5.41) is 3.28. The highest BCUT2D eigenvalue weighted by atomic mass is 79.9. The summed E-state index contributed by atoms with van der Waals surface area (Å²) < 4.78 is 0.939. The Hall–Kier alpha value is -2.15. The van der Waals surface area contributed by atoms with Crippen LogP contribution in [0.3, 0.4) is 0 Å². The van der Waals surface area contributed by atoms with Crippen molar-refractivity contribution < 1.29 is 14.4 Å². The van der Waals surface area contributed by atoms with Crippen molar-refractivity contribution in [3.63, 3.8) is 0 Å². The predicted octanol–water partition coefficient (Wildman–Crippen LogP) is 1.69.